The van der Waals surface area contributed by atoms with Crippen molar-refractivity contribution in [1.82, 2.24) is 4.90 Å². The highest BCUT2D eigenvalue weighted by Gasteiger charge is 2.32. The van der Waals surface area contributed by atoms with Crippen LogP contribution in [0.5, 0.6) is 0 Å². The molecule has 1 N–H and O–H groups in total. The third kappa shape index (κ3) is 3.39. The van der Waals surface area contributed by atoms with Crippen LogP contribution in [-0.4, -0.2) is 40.9 Å². The van der Waals surface area contributed by atoms with Gasteiger partial charge in [-0.15, -0.1) is 0 Å². The zero-order valence-corrected chi connectivity index (χ0v) is 12.2. The van der Waals surface area contributed by atoms with Crippen LogP contribution < -0.4 is 0 Å². The molecule has 0 bridgehead atoms. The Morgan fingerprint density at radius 3 is 2.55 bits per heavy atom. The van der Waals surface area contributed by atoms with E-state index in [4.69, 9.17) is 4.74 Å². The lowest BCUT2D eigenvalue weighted by molar-refractivity contribution is 0.0200. The number of aliphatic hydroxyl groups excluding tert-OH is 1. The van der Waals surface area contributed by atoms with Gasteiger partial charge in [-0.2, -0.15) is 0 Å². The van der Waals surface area contributed by atoms with Gasteiger partial charge in [0.15, 0.2) is 0 Å². The molecule has 0 fully saturated rings. The normalized spacial score (nSPS) is 18.9. The van der Waals surface area contributed by atoms with Crippen LogP contribution in [-0.2, 0) is 4.74 Å². The fourth-order valence-electron chi connectivity index (χ4n) is 2.19. The van der Waals surface area contributed by atoms with Crippen LogP contribution in [0.4, 0.5) is 4.79 Å². The molecule has 1 aromatic carbocycles. The van der Waals surface area contributed by atoms with Crippen molar-refractivity contribution in [3.8, 4) is 0 Å². The summed E-state index contributed by atoms with van der Waals surface area (Å²) in [5.41, 5.74) is 1.57. The Bertz CT molecular complexity index is 502. The predicted octanol–water partition coefficient (Wildman–Crippen LogP) is 2.68. The lowest BCUT2D eigenvalue weighted by Crippen LogP contribution is -2.41. The molecule has 20 heavy (non-hydrogen) atoms. The molecule has 1 aliphatic rings. The number of aliphatic hydroxyl groups is 1. The molecule has 1 heterocycles. The van der Waals surface area contributed by atoms with Crippen LogP contribution in [0.15, 0.2) is 36.4 Å². The van der Waals surface area contributed by atoms with Crippen molar-refractivity contribution in [2.75, 3.05) is 13.2 Å². The van der Waals surface area contributed by atoms with Gasteiger partial charge < -0.3 is 9.84 Å². The van der Waals surface area contributed by atoms with E-state index >= 15 is 0 Å². The molecule has 0 saturated carbocycles. The van der Waals surface area contributed by atoms with Gasteiger partial charge in [0.1, 0.15) is 5.60 Å². The van der Waals surface area contributed by atoms with Crippen molar-refractivity contribution < 1.29 is 14.6 Å². The molecule has 0 aliphatic carbocycles. The first kappa shape index (κ1) is 14.6. The highest BCUT2D eigenvalue weighted by molar-refractivity contribution is 5.78. The first-order valence-electron chi connectivity index (χ1n) is 6.77. The minimum absolute atomic E-state index is 0.102. The number of amides is 1. The monoisotopic (exact) mass is 275 g/mol. The first-order chi connectivity index (χ1) is 9.40. The van der Waals surface area contributed by atoms with E-state index in [1.165, 1.54) is 0 Å². The summed E-state index contributed by atoms with van der Waals surface area (Å²) in [6.45, 7) is 5.86. The number of ether oxygens (including phenoxy) is 1. The molecule has 0 aromatic heterocycles. The Labute approximate surface area is 119 Å². The Morgan fingerprint density at radius 1 is 1.35 bits per heavy atom. The predicted molar refractivity (Wildman–Crippen MR) is 78.2 cm³/mol. The molecular formula is C16H21NO3. The van der Waals surface area contributed by atoms with Crippen LogP contribution in [0.2, 0.25) is 0 Å². The van der Waals surface area contributed by atoms with Gasteiger partial charge in [0.2, 0.25) is 0 Å². The Kier molecular flexibility index (Phi) is 4.14. The SMILES string of the molecule is CC(C)(C)OC(=O)N1CC(c2ccccc2)=C[C@H]1CO. The number of hydrogen-bond donors (Lipinski definition) is 1. The van der Waals surface area contributed by atoms with Gasteiger partial charge in [0, 0.05) is 0 Å². The highest BCUT2D eigenvalue weighted by Crippen LogP contribution is 2.26. The molecule has 0 radical (unpaired) electrons. The molecule has 0 saturated heterocycles. The molecule has 0 spiro atoms. The van der Waals surface area contributed by atoms with Gasteiger partial charge in [-0.05, 0) is 31.9 Å². The standard InChI is InChI=1S/C16H21NO3/c1-16(2,3)20-15(19)17-10-13(9-14(17)11-18)12-7-5-4-6-8-12/h4-9,14,18H,10-11H2,1-3H3/t14-/m0/s1. The van der Waals surface area contributed by atoms with Crippen molar-refractivity contribution in [1.29, 1.82) is 0 Å². The molecule has 4 heteroatoms. The maximum Gasteiger partial charge on any atom is 0.411 e. The topological polar surface area (TPSA) is 49.8 Å². The van der Waals surface area contributed by atoms with E-state index in [1.807, 2.05) is 57.2 Å². The lowest BCUT2D eigenvalue weighted by atomic mass is 10.1. The number of rotatable bonds is 2. The maximum absolute atomic E-state index is 12.2. The van der Waals surface area contributed by atoms with E-state index in [1.54, 1.807) is 4.90 Å². The fraction of sp³-hybridized carbons (Fsp3) is 0.438. The minimum Gasteiger partial charge on any atom is -0.444 e. The quantitative estimate of drug-likeness (QED) is 0.902. The fourth-order valence-corrected chi connectivity index (χ4v) is 2.19. The van der Waals surface area contributed by atoms with E-state index in [0.717, 1.165) is 11.1 Å². The third-order valence-electron chi connectivity index (χ3n) is 3.09. The molecule has 1 amide bonds. The summed E-state index contributed by atoms with van der Waals surface area (Å²) in [4.78, 5) is 13.7. The molecule has 4 nitrogen and oxygen atoms in total. The summed E-state index contributed by atoms with van der Waals surface area (Å²) in [6.07, 6.45) is 1.54. The van der Waals surface area contributed by atoms with Gasteiger partial charge in [0.25, 0.3) is 0 Å². The van der Waals surface area contributed by atoms with Gasteiger partial charge in [-0.1, -0.05) is 36.4 Å². The van der Waals surface area contributed by atoms with Crippen molar-refractivity contribution >= 4 is 11.7 Å². The van der Waals surface area contributed by atoms with Gasteiger partial charge in [-0.25, -0.2) is 4.79 Å². The molecule has 1 aliphatic heterocycles. The number of hydrogen-bond acceptors (Lipinski definition) is 3. The number of nitrogens with zero attached hydrogens (tertiary/aromatic N) is 1. The second-order valence-electron chi connectivity index (χ2n) is 5.92. The van der Waals surface area contributed by atoms with E-state index in [-0.39, 0.29) is 12.6 Å². The number of carbonyl (C=O) groups is 1. The Morgan fingerprint density at radius 2 is 2.00 bits per heavy atom. The van der Waals surface area contributed by atoms with Crippen LogP contribution in [0.1, 0.15) is 26.3 Å². The summed E-state index contributed by atoms with van der Waals surface area (Å²) in [5, 5.41) is 9.45. The van der Waals surface area contributed by atoms with Gasteiger partial charge in [0.05, 0.1) is 19.2 Å². The van der Waals surface area contributed by atoms with E-state index < -0.39 is 11.7 Å². The Hall–Kier alpha value is -1.81. The minimum atomic E-state index is -0.535. The number of benzene rings is 1. The third-order valence-corrected chi connectivity index (χ3v) is 3.09. The average molecular weight is 275 g/mol. The molecule has 2 rings (SSSR count). The molecule has 1 aromatic rings. The smallest absolute Gasteiger partial charge is 0.411 e. The maximum atomic E-state index is 12.2. The van der Waals surface area contributed by atoms with E-state index in [2.05, 4.69) is 0 Å². The summed E-state index contributed by atoms with van der Waals surface area (Å²) < 4.78 is 5.38. The van der Waals surface area contributed by atoms with E-state index in [9.17, 15) is 9.90 Å². The summed E-state index contributed by atoms with van der Waals surface area (Å²) >= 11 is 0. The van der Waals surface area contributed by atoms with Crippen LogP contribution in [0, 0.1) is 0 Å². The summed E-state index contributed by atoms with van der Waals surface area (Å²) in [7, 11) is 0. The second kappa shape index (κ2) is 5.67. The summed E-state index contributed by atoms with van der Waals surface area (Å²) in [5.74, 6) is 0. The van der Waals surface area contributed by atoms with Crippen molar-refractivity contribution in [3.63, 3.8) is 0 Å². The largest absolute Gasteiger partial charge is 0.444 e. The Balaban J connectivity index is 2.13. The molecular weight excluding hydrogens is 254 g/mol. The summed E-state index contributed by atoms with van der Waals surface area (Å²) in [6, 6.07) is 9.55. The number of carbonyl (C=O) groups excluding carboxylic acids is 1. The van der Waals surface area contributed by atoms with E-state index in [0.29, 0.717) is 6.54 Å². The van der Waals surface area contributed by atoms with Crippen molar-refractivity contribution in [3.05, 3.63) is 42.0 Å². The highest BCUT2D eigenvalue weighted by atomic mass is 16.6. The molecule has 1 atom stereocenters. The van der Waals surface area contributed by atoms with Gasteiger partial charge in [-0.3, -0.25) is 4.90 Å². The molecule has 0 unspecified atom stereocenters. The first-order valence-corrected chi connectivity index (χ1v) is 6.77. The zero-order chi connectivity index (χ0) is 14.8. The van der Waals surface area contributed by atoms with Crippen LogP contribution in [0.3, 0.4) is 0 Å². The second-order valence-corrected chi connectivity index (χ2v) is 5.92. The van der Waals surface area contributed by atoms with Crippen molar-refractivity contribution in [2.45, 2.75) is 32.4 Å². The average Bonchev–Trinajstić information content (AvgIpc) is 2.82. The molecule has 108 valence electrons. The zero-order valence-electron chi connectivity index (χ0n) is 12.2. The lowest BCUT2D eigenvalue weighted by Gasteiger charge is -2.27. The van der Waals surface area contributed by atoms with Gasteiger partial charge >= 0.3 is 6.09 Å². The van der Waals surface area contributed by atoms with Crippen LogP contribution in [0.25, 0.3) is 5.57 Å². The van der Waals surface area contributed by atoms with Crippen molar-refractivity contribution in [2.24, 2.45) is 0 Å². The van der Waals surface area contributed by atoms with Crippen LogP contribution >= 0.6 is 0 Å².